The van der Waals surface area contributed by atoms with Gasteiger partial charge in [0.25, 0.3) is 0 Å². The molecule has 0 aliphatic carbocycles. The van der Waals surface area contributed by atoms with Crippen LogP contribution in [0.2, 0.25) is 0 Å². The normalized spacial score (nSPS) is 16.5. The molecule has 6 nitrogen and oxygen atoms in total. The number of rotatable bonds is 6. The molecule has 1 aliphatic heterocycles. The first-order valence-electron chi connectivity index (χ1n) is 10.4. The standard InChI is InChI=1S/C23H25FN4O2S/c1-2-19(16-6-4-3-5-7-16)20-27-28-22(31-20)25-21(29)26-23(12-14-30-15-13-23)17-8-10-18(24)11-9-17/h3-11,19H,2,12-15H2,1H3,(H2,25,26,28,29). The molecular weight excluding hydrogens is 415 g/mol. The maximum absolute atomic E-state index is 13.4. The molecule has 2 N–H and O–H groups in total. The first-order valence-corrected chi connectivity index (χ1v) is 11.2. The fourth-order valence-electron chi connectivity index (χ4n) is 3.98. The second kappa shape index (κ2) is 9.53. The van der Waals surface area contributed by atoms with Crippen LogP contribution in [0, 0.1) is 5.82 Å². The zero-order chi connectivity index (χ0) is 21.7. The summed E-state index contributed by atoms with van der Waals surface area (Å²) in [4.78, 5) is 12.8. The largest absolute Gasteiger partial charge is 0.381 e. The number of amides is 2. The first-order chi connectivity index (χ1) is 15.1. The summed E-state index contributed by atoms with van der Waals surface area (Å²) in [5.74, 6) is -0.168. The molecule has 2 aromatic carbocycles. The lowest BCUT2D eigenvalue weighted by Gasteiger charge is -2.38. The Morgan fingerprint density at radius 2 is 1.84 bits per heavy atom. The lowest BCUT2D eigenvalue weighted by Crippen LogP contribution is -2.50. The van der Waals surface area contributed by atoms with Crippen molar-refractivity contribution in [3.63, 3.8) is 0 Å². The number of aromatic nitrogens is 2. The predicted molar refractivity (Wildman–Crippen MR) is 119 cm³/mol. The molecule has 0 bridgehead atoms. The van der Waals surface area contributed by atoms with Crippen LogP contribution in [0.5, 0.6) is 0 Å². The number of urea groups is 1. The summed E-state index contributed by atoms with van der Waals surface area (Å²) in [5, 5.41) is 15.7. The zero-order valence-corrected chi connectivity index (χ0v) is 18.1. The van der Waals surface area contributed by atoms with Crippen LogP contribution in [0.15, 0.2) is 54.6 Å². The zero-order valence-electron chi connectivity index (χ0n) is 17.3. The smallest absolute Gasteiger partial charge is 0.321 e. The molecule has 0 saturated carbocycles. The van der Waals surface area contributed by atoms with E-state index in [-0.39, 0.29) is 17.8 Å². The van der Waals surface area contributed by atoms with E-state index >= 15 is 0 Å². The number of carbonyl (C=O) groups is 1. The number of hydrogen-bond donors (Lipinski definition) is 2. The van der Waals surface area contributed by atoms with Gasteiger partial charge in [0.05, 0.1) is 5.54 Å². The fraction of sp³-hybridized carbons (Fsp3) is 0.348. The highest BCUT2D eigenvalue weighted by Crippen LogP contribution is 2.34. The quantitative estimate of drug-likeness (QED) is 0.563. The Morgan fingerprint density at radius 3 is 2.52 bits per heavy atom. The van der Waals surface area contributed by atoms with E-state index in [0.29, 0.717) is 31.2 Å². The summed E-state index contributed by atoms with van der Waals surface area (Å²) in [6.45, 7) is 3.15. The minimum Gasteiger partial charge on any atom is -0.381 e. The third-order valence-electron chi connectivity index (χ3n) is 5.67. The topological polar surface area (TPSA) is 76.1 Å². The van der Waals surface area contributed by atoms with E-state index in [0.717, 1.165) is 17.0 Å². The molecule has 2 heterocycles. The van der Waals surface area contributed by atoms with Gasteiger partial charge in [0.2, 0.25) is 5.13 Å². The van der Waals surface area contributed by atoms with Crippen LogP contribution in [-0.4, -0.2) is 29.4 Å². The average molecular weight is 441 g/mol. The lowest BCUT2D eigenvalue weighted by molar-refractivity contribution is 0.0417. The summed E-state index contributed by atoms with van der Waals surface area (Å²) in [7, 11) is 0. The number of nitrogens with one attached hydrogen (secondary N) is 2. The van der Waals surface area contributed by atoms with Crippen LogP contribution in [0.4, 0.5) is 14.3 Å². The Bertz CT molecular complexity index is 1000. The van der Waals surface area contributed by atoms with Gasteiger partial charge >= 0.3 is 6.03 Å². The van der Waals surface area contributed by atoms with Crippen molar-refractivity contribution in [2.24, 2.45) is 0 Å². The van der Waals surface area contributed by atoms with Gasteiger partial charge in [-0.3, -0.25) is 5.32 Å². The Balaban J connectivity index is 1.48. The van der Waals surface area contributed by atoms with Gasteiger partial charge in [0, 0.05) is 19.1 Å². The third-order valence-corrected chi connectivity index (χ3v) is 6.62. The summed E-state index contributed by atoms with van der Waals surface area (Å²) < 4.78 is 18.9. The molecule has 3 aromatic rings. The highest BCUT2D eigenvalue weighted by molar-refractivity contribution is 7.15. The molecule has 0 radical (unpaired) electrons. The van der Waals surface area contributed by atoms with Crippen molar-refractivity contribution in [1.82, 2.24) is 15.5 Å². The monoisotopic (exact) mass is 440 g/mol. The molecule has 1 aromatic heterocycles. The summed E-state index contributed by atoms with van der Waals surface area (Å²) in [6, 6.07) is 16.1. The molecule has 1 fully saturated rings. The highest BCUT2D eigenvalue weighted by Gasteiger charge is 2.36. The predicted octanol–water partition coefficient (Wildman–Crippen LogP) is 5.05. The second-order valence-corrected chi connectivity index (χ2v) is 8.61. The van der Waals surface area contributed by atoms with Crippen molar-refractivity contribution in [1.29, 1.82) is 0 Å². The number of benzene rings is 2. The molecule has 162 valence electrons. The lowest BCUT2D eigenvalue weighted by atomic mass is 9.83. The van der Waals surface area contributed by atoms with Gasteiger partial charge < -0.3 is 10.1 Å². The van der Waals surface area contributed by atoms with E-state index in [1.54, 1.807) is 12.1 Å². The molecule has 4 rings (SSSR count). The van der Waals surface area contributed by atoms with Crippen molar-refractivity contribution in [3.8, 4) is 0 Å². The number of halogens is 1. The van der Waals surface area contributed by atoms with Gasteiger partial charge in [0.15, 0.2) is 0 Å². The van der Waals surface area contributed by atoms with Crippen LogP contribution < -0.4 is 10.6 Å². The fourth-order valence-corrected chi connectivity index (χ4v) is 4.93. The van der Waals surface area contributed by atoms with Gasteiger partial charge in [-0.05, 0) is 42.5 Å². The van der Waals surface area contributed by atoms with Crippen molar-refractivity contribution in [2.75, 3.05) is 18.5 Å². The van der Waals surface area contributed by atoms with Gasteiger partial charge in [0.1, 0.15) is 10.8 Å². The number of hydrogen-bond acceptors (Lipinski definition) is 5. The van der Waals surface area contributed by atoms with Crippen molar-refractivity contribution in [3.05, 3.63) is 76.5 Å². The van der Waals surface area contributed by atoms with E-state index in [1.165, 1.54) is 29.0 Å². The summed E-state index contributed by atoms with van der Waals surface area (Å²) in [6.07, 6.45) is 2.11. The third kappa shape index (κ3) is 4.91. The minimum absolute atomic E-state index is 0.137. The van der Waals surface area contributed by atoms with Crippen LogP contribution in [0.25, 0.3) is 0 Å². The van der Waals surface area contributed by atoms with Gasteiger partial charge in [-0.1, -0.05) is 60.7 Å². The van der Waals surface area contributed by atoms with Crippen LogP contribution in [-0.2, 0) is 10.3 Å². The van der Waals surface area contributed by atoms with Crippen LogP contribution in [0.1, 0.15) is 48.2 Å². The van der Waals surface area contributed by atoms with E-state index in [2.05, 4.69) is 39.9 Å². The van der Waals surface area contributed by atoms with Crippen LogP contribution >= 0.6 is 11.3 Å². The van der Waals surface area contributed by atoms with Crippen molar-refractivity contribution in [2.45, 2.75) is 37.6 Å². The SMILES string of the molecule is CCC(c1ccccc1)c1nnc(NC(=O)NC2(c3ccc(F)cc3)CCOCC2)s1. The summed E-state index contributed by atoms with van der Waals surface area (Å²) >= 11 is 1.38. The van der Waals surface area contributed by atoms with E-state index in [1.807, 2.05) is 18.2 Å². The average Bonchev–Trinajstić information content (AvgIpc) is 3.24. The second-order valence-electron chi connectivity index (χ2n) is 7.60. The number of nitrogens with zero attached hydrogens (tertiary/aromatic N) is 2. The molecule has 1 aliphatic rings. The molecule has 1 unspecified atom stereocenters. The number of ether oxygens (including phenoxy) is 1. The van der Waals surface area contributed by atoms with Gasteiger partial charge in [-0.15, -0.1) is 10.2 Å². The Morgan fingerprint density at radius 1 is 1.13 bits per heavy atom. The maximum atomic E-state index is 13.4. The number of carbonyl (C=O) groups excluding carboxylic acids is 1. The molecule has 1 atom stereocenters. The van der Waals surface area contributed by atoms with Gasteiger partial charge in [-0.25, -0.2) is 9.18 Å². The van der Waals surface area contributed by atoms with Crippen LogP contribution in [0.3, 0.4) is 0 Å². The van der Waals surface area contributed by atoms with Crippen molar-refractivity contribution < 1.29 is 13.9 Å². The molecule has 0 spiro atoms. The Labute approximate surface area is 184 Å². The molecule has 2 amide bonds. The molecule has 1 saturated heterocycles. The van der Waals surface area contributed by atoms with E-state index in [9.17, 15) is 9.18 Å². The molecular formula is C23H25FN4O2S. The van der Waals surface area contributed by atoms with Gasteiger partial charge in [-0.2, -0.15) is 0 Å². The number of anilines is 1. The van der Waals surface area contributed by atoms with E-state index in [4.69, 9.17) is 4.74 Å². The first kappa shape index (κ1) is 21.4. The van der Waals surface area contributed by atoms with E-state index < -0.39 is 5.54 Å². The minimum atomic E-state index is -0.612. The Hall–Kier alpha value is -2.84. The molecule has 31 heavy (non-hydrogen) atoms. The van der Waals surface area contributed by atoms with Crippen molar-refractivity contribution >= 4 is 22.5 Å². The summed E-state index contributed by atoms with van der Waals surface area (Å²) in [5.41, 5.74) is 1.43. The Kier molecular flexibility index (Phi) is 6.58. The maximum Gasteiger partial charge on any atom is 0.321 e. The molecule has 8 heteroatoms. The highest BCUT2D eigenvalue weighted by atomic mass is 32.1.